The molecule has 16 heavy (non-hydrogen) atoms. The molecule has 1 aromatic rings. The van der Waals surface area contributed by atoms with Crippen molar-refractivity contribution in [1.29, 1.82) is 0 Å². The lowest BCUT2D eigenvalue weighted by atomic mass is 10.2. The van der Waals surface area contributed by atoms with E-state index in [-0.39, 0.29) is 5.56 Å². The molecule has 0 saturated heterocycles. The lowest BCUT2D eigenvalue weighted by Crippen LogP contribution is -2.00. The summed E-state index contributed by atoms with van der Waals surface area (Å²) in [6, 6.07) is 6.11. The fourth-order valence-electron chi connectivity index (χ4n) is 0.668. The first kappa shape index (κ1) is 14.2. The molecule has 7 nitrogen and oxygen atoms in total. The first-order chi connectivity index (χ1) is 7.51. The number of carboxylic acid groups (broad SMARTS) is 1. The number of carbonyl (C=O) groups is 2. The van der Waals surface area contributed by atoms with Crippen LogP contribution >= 0.6 is 11.6 Å². The quantitative estimate of drug-likeness (QED) is 0.517. The monoisotopic (exact) mass is 250 g/mol. The number of benzene rings is 1. The van der Waals surface area contributed by atoms with Gasteiger partial charge in [0.25, 0.3) is 0 Å². The molecule has 0 spiro atoms. The molecular weight excluding hydrogens is 244 g/mol. The van der Waals surface area contributed by atoms with Gasteiger partial charge >= 0.3 is 12.1 Å². The van der Waals surface area contributed by atoms with Gasteiger partial charge in [-0.2, -0.15) is 10.5 Å². The molecule has 0 aliphatic heterocycles. The van der Waals surface area contributed by atoms with Crippen molar-refractivity contribution >= 4 is 23.7 Å². The van der Waals surface area contributed by atoms with E-state index >= 15 is 0 Å². The lowest BCUT2D eigenvalue weighted by Gasteiger charge is -1.95. The third-order valence-corrected chi connectivity index (χ3v) is 1.46. The normalized spacial score (nSPS) is 8.44. The molecule has 3 N–H and O–H groups in total. The predicted molar refractivity (Wildman–Crippen MR) is 51.2 cm³/mol. The number of hydrogen-bond donors (Lipinski definition) is 3. The lowest BCUT2D eigenvalue weighted by molar-refractivity contribution is -0.194. The summed E-state index contributed by atoms with van der Waals surface area (Å²) in [5.74, 6) is -0.813. The summed E-state index contributed by atoms with van der Waals surface area (Å²) in [7, 11) is 0. The SMILES string of the molecule is O=C(O)OO.O=C(OO)c1cccc(Cl)c1. The second-order valence-electron chi connectivity index (χ2n) is 2.25. The van der Waals surface area contributed by atoms with Crippen molar-refractivity contribution < 1.29 is 35.0 Å². The van der Waals surface area contributed by atoms with Gasteiger partial charge in [-0.05, 0) is 18.2 Å². The van der Waals surface area contributed by atoms with Crippen molar-refractivity contribution in [3.63, 3.8) is 0 Å². The molecule has 0 bridgehead atoms. The van der Waals surface area contributed by atoms with Gasteiger partial charge in [-0.25, -0.2) is 9.59 Å². The second kappa shape index (κ2) is 7.46. The van der Waals surface area contributed by atoms with Gasteiger partial charge in [0.15, 0.2) is 0 Å². The van der Waals surface area contributed by atoms with Crippen molar-refractivity contribution in [2.75, 3.05) is 0 Å². The average molecular weight is 251 g/mol. The van der Waals surface area contributed by atoms with Gasteiger partial charge in [0.1, 0.15) is 0 Å². The number of carbonyl (C=O) groups excluding carboxylic acids is 1. The molecular formula is C8H7ClO7. The van der Waals surface area contributed by atoms with Crippen LogP contribution in [-0.4, -0.2) is 27.7 Å². The van der Waals surface area contributed by atoms with Gasteiger partial charge in [0.05, 0.1) is 5.56 Å². The smallest absolute Gasteiger partial charge is 0.448 e. The third-order valence-electron chi connectivity index (χ3n) is 1.22. The maximum absolute atomic E-state index is 10.6. The van der Waals surface area contributed by atoms with Crippen LogP contribution in [0.15, 0.2) is 24.3 Å². The van der Waals surface area contributed by atoms with Crippen molar-refractivity contribution in [2.45, 2.75) is 0 Å². The highest BCUT2D eigenvalue weighted by Gasteiger charge is 2.05. The van der Waals surface area contributed by atoms with Crippen LogP contribution in [-0.2, 0) is 9.78 Å². The Hall–Kier alpha value is -1.83. The molecule has 8 heteroatoms. The van der Waals surface area contributed by atoms with Gasteiger partial charge in [0.2, 0.25) is 0 Å². The van der Waals surface area contributed by atoms with Gasteiger partial charge in [-0.1, -0.05) is 17.7 Å². The largest absolute Gasteiger partial charge is 0.537 e. The molecule has 0 unspecified atom stereocenters. The minimum absolute atomic E-state index is 0.222. The van der Waals surface area contributed by atoms with Crippen LogP contribution in [0.2, 0.25) is 5.02 Å². The van der Waals surface area contributed by atoms with Crippen LogP contribution in [0, 0.1) is 0 Å². The van der Waals surface area contributed by atoms with E-state index < -0.39 is 12.1 Å². The first-order valence-corrected chi connectivity index (χ1v) is 4.04. The Morgan fingerprint density at radius 3 is 2.12 bits per heavy atom. The summed E-state index contributed by atoms with van der Waals surface area (Å²) in [6.07, 6.45) is -1.69. The molecule has 0 heterocycles. The molecule has 0 aromatic heterocycles. The van der Waals surface area contributed by atoms with E-state index in [1.165, 1.54) is 12.1 Å². The molecule has 0 amide bonds. The molecule has 0 saturated carbocycles. The van der Waals surface area contributed by atoms with Crippen LogP contribution < -0.4 is 0 Å². The first-order valence-electron chi connectivity index (χ1n) is 3.67. The van der Waals surface area contributed by atoms with Gasteiger partial charge < -0.3 is 5.11 Å². The molecule has 0 atom stereocenters. The minimum Gasteiger partial charge on any atom is -0.448 e. The fraction of sp³-hybridized carbons (Fsp3) is 0. The maximum atomic E-state index is 10.6. The molecule has 1 rings (SSSR count). The van der Waals surface area contributed by atoms with Crippen molar-refractivity contribution in [3.05, 3.63) is 34.9 Å². The number of halogens is 1. The third kappa shape index (κ3) is 5.81. The molecule has 0 aliphatic rings. The average Bonchev–Trinajstić information content (AvgIpc) is 2.28. The molecule has 0 aliphatic carbocycles. The van der Waals surface area contributed by atoms with Gasteiger partial charge in [0, 0.05) is 5.02 Å². The number of hydrogen-bond acceptors (Lipinski definition) is 6. The summed E-state index contributed by atoms with van der Waals surface area (Å²) in [4.78, 5) is 25.7. The highest BCUT2D eigenvalue weighted by Crippen LogP contribution is 2.10. The fourth-order valence-corrected chi connectivity index (χ4v) is 0.858. The zero-order valence-corrected chi connectivity index (χ0v) is 8.42. The standard InChI is InChI=1S/C7H5ClO3.CH2O4/c8-6-3-1-2-5(4-6)7(9)11-10;2-1(3)5-4/h1-4,10H;4H,(H,2,3). The van der Waals surface area contributed by atoms with E-state index in [1.807, 2.05) is 0 Å². The Labute approximate surface area is 94.3 Å². The van der Waals surface area contributed by atoms with Crippen LogP contribution in [0.1, 0.15) is 10.4 Å². The van der Waals surface area contributed by atoms with E-state index in [0.29, 0.717) is 5.02 Å². The van der Waals surface area contributed by atoms with Crippen LogP contribution in [0.3, 0.4) is 0 Å². The minimum atomic E-state index is -1.69. The Kier molecular flexibility index (Phi) is 6.61. The summed E-state index contributed by atoms with van der Waals surface area (Å²) >= 11 is 5.56. The van der Waals surface area contributed by atoms with E-state index in [1.54, 1.807) is 12.1 Å². The number of rotatable bonds is 1. The van der Waals surface area contributed by atoms with E-state index in [2.05, 4.69) is 9.78 Å². The summed E-state index contributed by atoms with van der Waals surface area (Å²) in [5.41, 5.74) is 0.222. The Bertz CT molecular complexity index is 365. The summed E-state index contributed by atoms with van der Waals surface area (Å²) in [6.45, 7) is 0. The van der Waals surface area contributed by atoms with Crippen LogP contribution in [0.5, 0.6) is 0 Å². The predicted octanol–water partition coefficient (Wildman–Crippen LogP) is 2.12. The van der Waals surface area contributed by atoms with Crippen LogP contribution in [0.25, 0.3) is 0 Å². The molecule has 88 valence electrons. The molecule has 1 aromatic carbocycles. The Morgan fingerprint density at radius 1 is 1.19 bits per heavy atom. The zero-order chi connectivity index (χ0) is 12.6. The van der Waals surface area contributed by atoms with Crippen molar-refractivity contribution in [1.82, 2.24) is 0 Å². The van der Waals surface area contributed by atoms with Crippen LogP contribution in [0.4, 0.5) is 4.79 Å². The Morgan fingerprint density at radius 2 is 1.75 bits per heavy atom. The van der Waals surface area contributed by atoms with Crippen molar-refractivity contribution in [2.24, 2.45) is 0 Å². The zero-order valence-electron chi connectivity index (χ0n) is 7.66. The highest BCUT2D eigenvalue weighted by molar-refractivity contribution is 6.30. The second-order valence-corrected chi connectivity index (χ2v) is 2.68. The van der Waals surface area contributed by atoms with E-state index in [9.17, 15) is 4.79 Å². The molecule has 0 fully saturated rings. The topological polar surface area (TPSA) is 113 Å². The van der Waals surface area contributed by atoms with E-state index in [4.69, 9.17) is 32.0 Å². The Balaban J connectivity index is 0.000000385. The van der Waals surface area contributed by atoms with Gasteiger partial charge in [-0.3, -0.25) is 9.78 Å². The van der Waals surface area contributed by atoms with Crippen molar-refractivity contribution in [3.8, 4) is 0 Å². The summed E-state index contributed by atoms with van der Waals surface area (Å²) in [5, 5.41) is 22.7. The maximum Gasteiger partial charge on any atom is 0.537 e. The van der Waals surface area contributed by atoms with E-state index in [0.717, 1.165) is 0 Å². The summed E-state index contributed by atoms with van der Waals surface area (Å²) < 4.78 is 0. The molecule has 0 radical (unpaired) electrons. The highest BCUT2D eigenvalue weighted by atomic mass is 35.5. The van der Waals surface area contributed by atoms with Gasteiger partial charge in [-0.15, -0.1) is 0 Å².